The fraction of sp³-hybridized carbons (Fsp3) is 0.562. The zero-order chi connectivity index (χ0) is 14.9. The summed E-state index contributed by atoms with van der Waals surface area (Å²) < 4.78 is 11.4. The predicted octanol–water partition coefficient (Wildman–Crippen LogP) is 1.81. The lowest BCUT2D eigenvalue weighted by molar-refractivity contribution is -0.0734. The topological polar surface area (TPSA) is 50.8 Å². The van der Waals surface area contributed by atoms with Gasteiger partial charge in [0.15, 0.2) is 0 Å². The van der Waals surface area contributed by atoms with Gasteiger partial charge in [-0.2, -0.15) is 0 Å². The highest BCUT2D eigenvalue weighted by atomic mass is 16.5. The van der Waals surface area contributed by atoms with Gasteiger partial charge in [-0.05, 0) is 25.5 Å². The Balaban J connectivity index is 1.49. The summed E-state index contributed by atoms with van der Waals surface area (Å²) in [6.07, 6.45) is 0.880. The Labute approximate surface area is 125 Å². The van der Waals surface area contributed by atoms with Gasteiger partial charge in [0.25, 0.3) is 0 Å². The number of ether oxygens (including phenoxy) is 2. The Kier molecular flexibility index (Phi) is 3.76. The summed E-state index contributed by atoms with van der Waals surface area (Å²) in [7, 11) is 0. The van der Waals surface area contributed by atoms with E-state index in [9.17, 15) is 4.79 Å². The Morgan fingerprint density at radius 2 is 2.24 bits per heavy atom. The van der Waals surface area contributed by atoms with Crippen LogP contribution in [0, 0.1) is 0 Å². The van der Waals surface area contributed by atoms with E-state index >= 15 is 0 Å². The van der Waals surface area contributed by atoms with Crippen molar-refractivity contribution < 1.29 is 14.3 Å². The van der Waals surface area contributed by atoms with Gasteiger partial charge < -0.3 is 19.7 Å². The van der Waals surface area contributed by atoms with Crippen LogP contribution in [0.5, 0.6) is 5.75 Å². The van der Waals surface area contributed by atoms with Gasteiger partial charge >= 0.3 is 6.03 Å². The number of rotatable bonds is 2. The molecule has 0 bridgehead atoms. The molecule has 1 fully saturated rings. The van der Waals surface area contributed by atoms with Crippen LogP contribution in [0.2, 0.25) is 0 Å². The molecule has 2 heterocycles. The molecule has 21 heavy (non-hydrogen) atoms. The monoisotopic (exact) mass is 290 g/mol. The second-order valence-electron chi connectivity index (χ2n) is 6.27. The van der Waals surface area contributed by atoms with Crippen molar-refractivity contribution in [1.82, 2.24) is 10.2 Å². The molecule has 0 aliphatic carbocycles. The van der Waals surface area contributed by atoms with Crippen LogP contribution in [0.25, 0.3) is 0 Å². The Morgan fingerprint density at radius 3 is 3.00 bits per heavy atom. The van der Waals surface area contributed by atoms with E-state index in [-0.39, 0.29) is 17.7 Å². The predicted molar refractivity (Wildman–Crippen MR) is 79.6 cm³/mol. The number of para-hydroxylation sites is 1. The molecular formula is C16H22N2O3. The summed E-state index contributed by atoms with van der Waals surface area (Å²) in [5.41, 5.74) is 0.944. The summed E-state index contributed by atoms with van der Waals surface area (Å²) in [4.78, 5) is 14.0. The van der Waals surface area contributed by atoms with Crippen molar-refractivity contribution in [3.8, 4) is 5.75 Å². The van der Waals surface area contributed by atoms with Crippen LogP contribution in [0.15, 0.2) is 24.3 Å². The van der Waals surface area contributed by atoms with Crippen LogP contribution in [0.1, 0.15) is 19.4 Å². The van der Waals surface area contributed by atoms with Crippen molar-refractivity contribution in [2.75, 3.05) is 26.2 Å². The molecule has 5 heteroatoms. The third kappa shape index (κ3) is 3.29. The molecular weight excluding hydrogens is 268 g/mol. The molecule has 1 aromatic carbocycles. The van der Waals surface area contributed by atoms with E-state index in [0.29, 0.717) is 26.2 Å². The molecule has 0 spiro atoms. The number of nitrogens with one attached hydrogen (secondary N) is 1. The Morgan fingerprint density at radius 1 is 1.43 bits per heavy atom. The summed E-state index contributed by atoms with van der Waals surface area (Å²) in [6.45, 7) is 6.38. The molecule has 2 aliphatic rings. The molecule has 1 saturated heterocycles. The maximum atomic E-state index is 12.2. The number of nitrogens with zero attached hydrogens (tertiary/aromatic N) is 1. The zero-order valence-corrected chi connectivity index (χ0v) is 12.6. The van der Waals surface area contributed by atoms with Gasteiger partial charge in [-0.25, -0.2) is 4.79 Å². The third-order valence-electron chi connectivity index (χ3n) is 3.91. The van der Waals surface area contributed by atoms with Crippen molar-refractivity contribution in [2.24, 2.45) is 0 Å². The fourth-order valence-corrected chi connectivity index (χ4v) is 2.87. The van der Waals surface area contributed by atoms with Crippen molar-refractivity contribution in [3.05, 3.63) is 29.8 Å². The van der Waals surface area contributed by atoms with Gasteiger partial charge in [-0.15, -0.1) is 0 Å². The standard InChI is InChI=1S/C16H22N2O3/c1-16(2)11-18(7-8-20-16)15(19)17-10-13-9-12-5-3-4-6-14(12)21-13/h3-6,13H,7-11H2,1-2H3,(H,17,19)/t13-/m1/s1. The summed E-state index contributed by atoms with van der Waals surface area (Å²) in [5, 5.41) is 2.97. The smallest absolute Gasteiger partial charge is 0.317 e. The first-order valence-electron chi connectivity index (χ1n) is 7.45. The van der Waals surface area contributed by atoms with Crippen LogP contribution < -0.4 is 10.1 Å². The molecule has 1 aromatic rings. The molecule has 0 aromatic heterocycles. The van der Waals surface area contributed by atoms with Gasteiger partial charge in [0.1, 0.15) is 11.9 Å². The molecule has 0 radical (unpaired) electrons. The second kappa shape index (κ2) is 5.56. The molecule has 0 saturated carbocycles. The van der Waals surface area contributed by atoms with Crippen LogP contribution in [0.4, 0.5) is 4.79 Å². The molecule has 3 rings (SSSR count). The first-order valence-corrected chi connectivity index (χ1v) is 7.45. The van der Waals surface area contributed by atoms with E-state index in [1.807, 2.05) is 36.9 Å². The minimum Gasteiger partial charge on any atom is -0.488 e. The minimum atomic E-state index is -0.268. The second-order valence-corrected chi connectivity index (χ2v) is 6.27. The lowest BCUT2D eigenvalue weighted by Crippen LogP contribution is -2.54. The summed E-state index contributed by atoms with van der Waals surface area (Å²) in [6, 6.07) is 7.99. The van der Waals surface area contributed by atoms with Gasteiger partial charge in [-0.1, -0.05) is 18.2 Å². The Hall–Kier alpha value is -1.75. The average molecular weight is 290 g/mol. The van der Waals surface area contributed by atoms with Gasteiger partial charge in [0, 0.05) is 13.0 Å². The largest absolute Gasteiger partial charge is 0.488 e. The molecule has 5 nitrogen and oxygen atoms in total. The molecule has 114 valence electrons. The number of hydrogen-bond donors (Lipinski definition) is 1. The maximum absolute atomic E-state index is 12.2. The van der Waals surface area contributed by atoms with Crippen LogP contribution in [0.3, 0.4) is 0 Å². The van der Waals surface area contributed by atoms with Crippen molar-refractivity contribution >= 4 is 6.03 Å². The highest BCUT2D eigenvalue weighted by Gasteiger charge is 2.30. The number of hydrogen-bond acceptors (Lipinski definition) is 3. The van der Waals surface area contributed by atoms with Crippen LogP contribution in [-0.2, 0) is 11.2 Å². The molecule has 2 amide bonds. The minimum absolute atomic E-state index is 0.0281. The quantitative estimate of drug-likeness (QED) is 0.904. The third-order valence-corrected chi connectivity index (χ3v) is 3.91. The van der Waals surface area contributed by atoms with Gasteiger partial charge in [0.05, 0.1) is 25.3 Å². The fourth-order valence-electron chi connectivity index (χ4n) is 2.87. The van der Waals surface area contributed by atoms with Gasteiger partial charge in [0.2, 0.25) is 0 Å². The lowest BCUT2D eigenvalue weighted by atomic mass is 10.1. The molecule has 2 aliphatic heterocycles. The first-order chi connectivity index (χ1) is 10.0. The zero-order valence-electron chi connectivity index (χ0n) is 12.6. The normalized spacial score (nSPS) is 23.3. The van der Waals surface area contributed by atoms with E-state index in [2.05, 4.69) is 11.4 Å². The lowest BCUT2D eigenvalue weighted by Gasteiger charge is -2.38. The number of amides is 2. The summed E-state index contributed by atoms with van der Waals surface area (Å²) >= 11 is 0. The highest BCUT2D eigenvalue weighted by Crippen LogP contribution is 2.27. The Bertz CT molecular complexity index is 505. The van der Waals surface area contributed by atoms with Crippen molar-refractivity contribution in [2.45, 2.75) is 32.0 Å². The number of benzene rings is 1. The van der Waals surface area contributed by atoms with E-state index in [1.54, 1.807) is 0 Å². The number of carbonyl (C=O) groups is 1. The maximum Gasteiger partial charge on any atom is 0.317 e. The first kappa shape index (κ1) is 14.2. The van der Waals surface area contributed by atoms with E-state index in [1.165, 1.54) is 5.56 Å². The van der Waals surface area contributed by atoms with E-state index in [4.69, 9.17) is 9.47 Å². The van der Waals surface area contributed by atoms with E-state index < -0.39 is 0 Å². The van der Waals surface area contributed by atoms with Crippen LogP contribution >= 0.6 is 0 Å². The number of morpholine rings is 1. The SMILES string of the molecule is CC1(C)CN(C(=O)NC[C@H]2Cc3ccccc3O2)CCO1. The van der Waals surface area contributed by atoms with E-state index in [0.717, 1.165) is 12.2 Å². The molecule has 0 unspecified atom stereocenters. The summed E-state index contributed by atoms with van der Waals surface area (Å²) in [5.74, 6) is 0.934. The van der Waals surface area contributed by atoms with Gasteiger partial charge in [-0.3, -0.25) is 0 Å². The number of carbonyl (C=O) groups excluding carboxylic acids is 1. The van der Waals surface area contributed by atoms with Crippen molar-refractivity contribution in [3.63, 3.8) is 0 Å². The van der Waals surface area contributed by atoms with Crippen LogP contribution in [-0.4, -0.2) is 48.9 Å². The molecule has 1 atom stereocenters. The highest BCUT2D eigenvalue weighted by molar-refractivity contribution is 5.74. The van der Waals surface area contributed by atoms with Crippen molar-refractivity contribution in [1.29, 1.82) is 0 Å². The number of fused-ring (bicyclic) bond motifs is 1. The number of urea groups is 1. The molecule has 1 N–H and O–H groups in total. The average Bonchev–Trinajstić information content (AvgIpc) is 2.86.